The number of allylic oxidation sites excluding steroid dienone is 2. The van der Waals surface area contributed by atoms with Crippen LogP contribution in [0.3, 0.4) is 0 Å². The Bertz CT molecular complexity index is 2100. The van der Waals surface area contributed by atoms with Crippen molar-refractivity contribution in [2.75, 3.05) is 36.4 Å². The average molecular weight is 734 g/mol. The molecular formula is C38H39N9O5S. The number of carbonyl (C=O) groups excluding carboxylic acids is 5. The summed E-state index contributed by atoms with van der Waals surface area (Å²) < 4.78 is 0. The van der Waals surface area contributed by atoms with Crippen LogP contribution in [0, 0.1) is 11.3 Å². The van der Waals surface area contributed by atoms with Gasteiger partial charge in [-0.15, -0.1) is 11.8 Å². The van der Waals surface area contributed by atoms with Gasteiger partial charge in [-0.2, -0.15) is 4.99 Å². The Hall–Kier alpha value is -5.96. The number of amides is 5. The lowest BCUT2D eigenvalue weighted by Crippen LogP contribution is -2.57. The molecule has 0 saturated carbocycles. The number of fused-ring (bicyclic) bond motifs is 1. The highest BCUT2D eigenvalue weighted by molar-refractivity contribution is 7.98. The van der Waals surface area contributed by atoms with E-state index in [1.165, 1.54) is 4.90 Å². The van der Waals surface area contributed by atoms with Gasteiger partial charge in [0, 0.05) is 47.0 Å². The number of aromatic amines is 1. The first-order chi connectivity index (χ1) is 25.7. The summed E-state index contributed by atoms with van der Waals surface area (Å²) in [5.74, 6) is -2.64. The zero-order chi connectivity index (χ0) is 37.1. The number of guanidine groups is 1. The largest absolute Gasteiger partial charge is 0.385 e. The molecule has 0 bridgehead atoms. The molecular weight excluding hydrogens is 695 g/mol. The monoisotopic (exact) mass is 733 g/mol. The highest BCUT2D eigenvalue weighted by atomic mass is 32.2. The highest BCUT2D eigenvalue weighted by Gasteiger charge is 2.50. The van der Waals surface area contributed by atoms with E-state index in [4.69, 9.17) is 5.41 Å². The van der Waals surface area contributed by atoms with E-state index in [0.717, 1.165) is 27.5 Å². The number of benzene rings is 2. The zero-order valence-corrected chi connectivity index (χ0v) is 29.9. The molecule has 0 spiro atoms. The lowest BCUT2D eigenvalue weighted by molar-refractivity contribution is -0.150. The maximum Gasteiger partial charge on any atom is 0.260 e. The number of piperidine rings is 1. The van der Waals surface area contributed by atoms with Gasteiger partial charge in [-0.05, 0) is 85.7 Å². The smallest absolute Gasteiger partial charge is 0.260 e. The van der Waals surface area contributed by atoms with Crippen LogP contribution in [0.2, 0.25) is 0 Å². The number of carbonyl (C=O) groups is 5. The molecule has 2 unspecified atom stereocenters. The van der Waals surface area contributed by atoms with Crippen LogP contribution >= 0.6 is 11.8 Å². The fourth-order valence-corrected chi connectivity index (χ4v) is 7.20. The second-order valence-electron chi connectivity index (χ2n) is 13.1. The molecule has 15 heteroatoms. The van der Waals surface area contributed by atoms with Crippen molar-refractivity contribution in [3.63, 3.8) is 0 Å². The Morgan fingerprint density at radius 3 is 2.53 bits per heavy atom. The number of rotatable bonds is 10. The van der Waals surface area contributed by atoms with Gasteiger partial charge >= 0.3 is 0 Å². The molecule has 2 atom stereocenters. The number of imide groups is 2. The van der Waals surface area contributed by atoms with E-state index in [1.807, 2.05) is 54.8 Å². The molecule has 5 amide bonds. The molecule has 7 rings (SSSR count). The van der Waals surface area contributed by atoms with E-state index >= 15 is 0 Å². The van der Waals surface area contributed by atoms with E-state index in [1.54, 1.807) is 22.7 Å². The average Bonchev–Trinajstić information content (AvgIpc) is 3.39. The third-order valence-corrected chi connectivity index (χ3v) is 10.4. The summed E-state index contributed by atoms with van der Waals surface area (Å²) in [4.78, 5) is 77.0. The Labute approximate surface area is 309 Å². The fourth-order valence-electron chi connectivity index (χ4n) is 6.80. The molecule has 0 radical (unpaired) electrons. The molecule has 3 aliphatic heterocycles. The number of thioether (sulfide) groups is 1. The minimum absolute atomic E-state index is 0.00654. The predicted octanol–water partition coefficient (Wildman–Crippen LogP) is 3.29. The van der Waals surface area contributed by atoms with Crippen molar-refractivity contribution in [3.8, 4) is 11.3 Å². The maximum atomic E-state index is 13.3. The van der Waals surface area contributed by atoms with Crippen LogP contribution in [-0.2, 0) is 24.0 Å². The fraction of sp³-hybridized carbons (Fsp3) is 0.289. The lowest BCUT2D eigenvalue weighted by Gasteiger charge is -2.44. The summed E-state index contributed by atoms with van der Waals surface area (Å²) in [6, 6.07) is 20.5. The van der Waals surface area contributed by atoms with Gasteiger partial charge in [0.25, 0.3) is 5.91 Å². The number of nitrogens with zero attached hydrogens (tertiary/aromatic N) is 4. The summed E-state index contributed by atoms with van der Waals surface area (Å²) in [7, 11) is 0. The maximum absolute atomic E-state index is 13.3. The zero-order valence-electron chi connectivity index (χ0n) is 29.1. The van der Waals surface area contributed by atoms with Gasteiger partial charge in [0.05, 0.1) is 24.8 Å². The predicted molar refractivity (Wildman–Crippen MR) is 200 cm³/mol. The summed E-state index contributed by atoms with van der Waals surface area (Å²) >= 11 is 1.69. The second-order valence-corrected chi connectivity index (χ2v) is 14.0. The molecule has 4 heterocycles. The van der Waals surface area contributed by atoms with Gasteiger partial charge in [-0.3, -0.25) is 39.6 Å². The Balaban J connectivity index is 0.860. The Kier molecular flexibility index (Phi) is 10.3. The minimum Gasteiger partial charge on any atom is -0.385 e. The summed E-state index contributed by atoms with van der Waals surface area (Å²) in [6.45, 7) is 1.34. The van der Waals surface area contributed by atoms with Crippen LogP contribution in [0.15, 0.2) is 100 Å². The molecule has 3 fully saturated rings. The van der Waals surface area contributed by atoms with Gasteiger partial charge in [0.1, 0.15) is 11.5 Å². The molecule has 2 aromatic carbocycles. The third kappa shape index (κ3) is 7.65. The van der Waals surface area contributed by atoms with Gasteiger partial charge in [-0.1, -0.05) is 24.3 Å². The number of likely N-dealkylation sites (tertiary alicyclic amines) is 1. The standard InChI is InChI=1S/C38H39N9O5S/c1-53-26-16-10-23(11-17-26)28-6-3-8-31(42-28)43-38(39)41-24-12-14-25(15-13-24)45-21-46(22-45)33(49)9-4-20-40-29-7-2-5-27-34(29)37(52)47(36(27)51)30-18-19-32(48)44-35(30)50/h2-3,6-8,10-17,27,30,40H,4-5,9,18-22H2,1H3,(H,44,48,50)(H3,39,41,42,43). The number of H-pyrrole nitrogens is 1. The van der Waals surface area contributed by atoms with Crippen LogP contribution in [0.25, 0.3) is 11.3 Å². The van der Waals surface area contributed by atoms with Crippen molar-refractivity contribution >= 4 is 58.6 Å². The van der Waals surface area contributed by atoms with Crippen LogP contribution in [0.1, 0.15) is 32.1 Å². The molecule has 1 aliphatic carbocycles. The minimum atomic E-state index is -0.992. The van der Waals surface area contributed by atoms with E-state index in [-0.39, 0.29) is 24.7 Å². The molecule has 1 aromatic heterocycles. The Morgan fingerprint density at radius 1 is 1.02 bits per heavy atom. The van der Waals surface area contributed by atoms with Crippen molar-refractivity contribution in [3.05, 3.63) is 95.6 Å². The number of nitrogens with one attached hydrogen (secondary N) is 5. The van der Waals surface area contributed by atoms with Crippen molar-refractivity contribution in [2.45, 2.75) is 43.0 Å². The lowest BCUT2D eigenvalue weighted by atomic mass is 9.91. The van der Waals surface area contributed by atoms with Crippen molar-refractivity contribution < 1.29 is 24.0 Å². The number of anilines is 2. The molecule has 4 aliphatic rings. The Morgan fingerprint density at radius 2 is 1.79 bits per heavy atom. The van der Waals surface area contributed by atoms with Gasteiger partial charge < -0.3 is 25.4 Å². The molecule has 3 aromatic rings. The van der Waals surface area contributed by atoms with Gasteiger partial charge in [0.2, 0.25) is 29.6 Å². The number of hydrogen-bond acceptors (Lipinski definition) is 9. The summed E-state index contributed by atoms with van der Waals surface area (Å²) in [6.07, 6.45) is 7.01. The summed E-state index contributed by atoms with van der Waals surface area (Å²) in [5.41, 5.74) is 5.03. The third-order valence-electron chi connectivity index (χ3n) is 9.63. The molecule has 3 saturated heterocycles. The van der Waals surface area contributed by atoms with E-state index in [2.05, 4.69) is 55.1 Å². The van der Waals surface area contributed by atoms with E-state index in [9.17, 15) is 24.0 Å². The van der Waals surface area contributed by atoms with Crippen molar-refractivity contribution in [2.24, 2.45) is 10.9 Å². The highest BCUT2D eigenvalue weighted by Crippen LogP contribution is 2.36. The molecule has 5 N–H and O–H groups in total. The number of hydrogen-bond donors (Lipinski definition) is 5. The van der Waals surface area contributed by atoms with Crippen LogP contribution < -0.4 is 26.3 Å². The van der Waals surface area contributed by atoms with Crippen molar-refractivity contribution in [1.82, 2.24) is 25.4 Å². The first-order valence-corrected chi connectivity index (χ1v) is 18.6. The SMILES string of the molecule is CSc1ccc(-c2ccc/c(=N/C(=N)Nc3ccc(N4CN(C(=O)CCCNC5=C6C(=O)N(C7CCC(=O)NC7=O)C(=O)C6CC=C5)C4)cc3)[nH]2)cc1. The molecule has 14 nitrogen and oxygen atoms in total. The first kappa shape index (κ1) is 35.4. The van der Waals surface area contributed by atoms with Crippen LogP contribution in [0.5, 0.6) is 0 Å². The second kappa shape index (κ2) is 15.3. The summed E-state index contributed by atoms with van der Waals surface area (Å²) in [5, 5.41) is 16.8. The van der Waals surface area contributed by atoms with Crippen LogP contribution in [0.4, 0.5) is 11.4 Å². The number of aromatic nitrogens is 1. The topological polar surface area (TPSA) is 183 Å². The molecule has 53 heavy (non-hydrogen) atoms. The van der Waals surface area contributed by atoms with E-state index < -0.39 is 35.6 Å². The van der Waals surface area contributed by atoms with Gasteiger partial charge in [0.15, 0.2) is 0 Å². The quantitative estimate of drug-likeness (QED) is 0.0687. The van der Waals surface area contributed by atoms with Crippen molar-refractivity contribution in [1.29, 1.82) is 5.41 Å². The number of pyridine rings is 1. The van der Waals surface area contributed by atoms with Gasteiger partial charge in [-0.25, -0.2) is 0 Å². The van der Waals surface area contributed by atoms with E-state index in [0.29, 0.717) is 55.9 Å². The van der Waals surface area contributed by atoms with Crippen LogP contribution in [-0.4, -0.2) is 82.5 Å². The first-order valence-electron chi connectivity index (χ1n) is 17.4. The molecule has 272 valence electrons. The normalized spacial score (nSPS) is 20.0.